The van der Waals surface area contributed by atoms with Crippen molar-refractivity contribution in [3.8, 4) is 0 Å². The molecule has 2 aromatic heterocycles. The zero-order valence-corrected chi connectivity index (χ0v) is 16.6. The number of hydrogen-bond acceptors (Lipinski definition) is 5. The first-order valence-corrected chi connectivity index (χ1v) is 10.4. The molecule has 0 aliphatic rings. The van der Waals surface area contributed by atoms with Gasteiger partial charge >= 0.3 is 0 Å². The van der Waals surface area contributed by atoms with Gasteiger partial charge in [0.15, 0.2) is 5.16 Å². The van der Waals surface area contributed by atoms with Gasteiger partial charge in [0.05, 0.1) is 11.3 Å². The number of anilines is 1. The quantitative estimate of drug-likeness (QED) is 0.505. The molecule has 136 valence electrons. The number of para-hydroxylation sites is 1. The average Bonchev–Trinajstić information content (AvgIpc) is 3.09. The van der Waals surface area contributed by atoms with Crippen LogP contribution in [0.15, 0.2) is 45.7 Å². The highest BCUT2D eigenvalue weighted by atomic mass is 32.2. The van der Waals surface area contributed by atoms with E-state index in [0.717, 1.165) is 11.3 Å². The van der Waals surface area contributed by atoms with Gasteiger partial charge in [0.1, 0.15) is 4.70 Å². The second-order valence-corrected chi connectivity index (χ2v) is 8.02. The van der Waals surface area contributed by atoms with Crippen molar-refractivity contribution in [1.82, 2.24) is 9.55 Å². The van der Waals surface area contributed by atoms with Gasteiger partial charge in [-0.2, -0.15) is 0 Å². The summed E-state index contributed by atoms with van der Waals surface area (Å²) in [5, 5.41) is 5.42. The van der Waals surface area contributed by atoms with E-state index < -0.39 is 0 Å². The molecule has 0 saturated heterocycles. The normalized spacial score (nSPS) is 11.2. The number of rotatable bonds is 6. The number of carbonyl (C=O) groups excluding carboxylic acids is 1. The Morgan fingerprint density at radius 1 is 1.31 bits per heavy atom. The van der Waals surface area contributed by atoms with Crippen LogP contribution in [0.1, 0.15) is 32.3 Å². The first kappa shape index (κ1) is 18.7. The Labute approximate surface area is 160 Å². The van der Waals surface area contributed by atoms with Gasteiger partial charge in [-0.15, -0.1) is 11.3 Å². The summed E-state index contributed by atoms with van der Waals surface area (Å²) < 4.78 is 2.28. The number of amides is 1. The number of nitrogens with one attached hydrogen (secondary N) is 1. The Kier molecular flexibility index (Phi) is 5.78. The minimum Gasteiger partial charge on any atom is -0.325 e. The number of carbonyl (C=O) groups is 1. The number of hydrogen-bond donors (Lipinski definition) is 1. The van der Waals surface area contributed by atoms with Gasteiger partial charge in [-0.05, 0) is 35.9 Å². The molecule has 0 unspecified atom stereocenters. The molecule has 0 atom stereocenters. The third kappa shape index (κ3) is 3.83. The highest BCUT2D eigenvalue weighted by molar-refractivity contribution is 7.99. The Morgan fingerprint density at radius 3 is 2.81 bits per heavy atom. The zero-order chi connectivity index (χ0) is 18.7. The number of aromatic nitrogens is 2. The molecule has 7 heteroatoms. The van der Waals surface area contributed by atoms with Gasteiger partial charge < -0.3 is 5.32 Å². The van der Waals surface area contributed by atoms with Gasteiger partial charge in [0.2, 0.25) is 5.91 Å². The molecule has 3 rings (SSSR count). The van der Waals surface area contributed by atoms with E-state index in [-0.39, 0.29) is 17.2 Å². The molecule has 1 aromatic carbocycles. The second kappa shape index (κ2) is 8.05. The van der Waals surface area contributed by atoms with Gasteiger partial charge in [-0.25, -0.2) is 4.98 Å². The number of thioether (sulfide) groups is 1. The molecule has 0 saturated carbocycles. The van der Waals surface area contributed by atoms with Crippen molar-refractivity contribution in [3.05, 3.63) is 51.6 Å². The lowest BCUT2D eigenvalue weighted by Gasteiger charge is -2.14. The molecule has 0 bridgehead atoms. The smallest absolute Gasteiger partial charge is 0.272 e. The first-order chi connectivity index (χ1) is 12.5. The largest absolute Gasteiger partial charge is 0.325 e. The van der Waals surface area contributed by atoms with E-state index in [0.29, 0.717) is 27.8 Å². The fraction of sp³-hybridized carbons (Fsp3) is 0.316. The van der Waals surface area contributed by atoms with E-state index in [2.05, 4.69) is 24.1 Å². The van der Waals surface area contributed by atoms with E-state index in [9.17, 15) is 9.59 Å². The van der Waals surface area contributed by atoms with E-state index in [4.69, 9.17) is 0 Å². The second-order valence-electron chi connectivity index (χ2n) is 6.16. The minimum absolute atomic E-state index is 0.0411. The summed E-state index contributed by atoms with van der Waals surface area (Å²) in [5.41, 5.74) is 2.59. The summed E-state index contributed by atoms with van der Waals surface area (Å²) in [6, 6.07) is 9.66. The topological polar surface area (TPSA) is 64.0 Å². The molecule has 0 aliphatic heterocycles. The Morgan fingerprint density at radius 2 is 2.08 bits per heavy atom. The van der Waals surface area contributed by atoms with E-state index in [1.807, 2.05) is 42.6 Å². The molecule has 0 spiro atoms. The van der Waals surface area contributed by atoms with E-state index >= 15 is 0 Å². The van der Waals surface area contributed by atoms with Crippen LogP contribution < -0.4 is 10.9 Å². The fourth-order valence-corrected chi connectivity index (χ4v) is 4.38. The van der Waals surface area contributed by atoms with Crippen LogP contribution in [-0.4, -0.2) is 21.2 Å². The van der Waals surface area contributed by atoms with Gasteiger partial charge in [-0.3, -0.25) is 14.2 Å². The lowest BCUT2D eigenvalue weighted by molar-refractivity contribution is -0.113. The summed E-state index contributed by atoms with van der Waals surface area (Å²) in [6.07, 6.45) is 0. The molecule has 0 aliphatic carbocycles. The van der Waals surface area contributed by atoms with Crippen molar-refractivity contribution >= 4 is 44.9 Å². The van der Waals surface area contributed by atoms with Gasteiger partial charge in [0.25, 0.3) is 5.56 Å². The maximum Gasteiger partial charge on any atom is 0.272 e. The fourth-order valence-electron chi connectivity index (χ4n) is 2.74. The van der Waals surface area contributed by atoms with Crippen LogP contribution in [0.2, 0.25) is 0 Å². The maximum absolute atomic E-state index is 12.5. The maximum atomic E-state index is 12.5. The van der Waals surface area contributed by atoms with Crippen LogP contribution in [0.4, 0.5) is 5.69 Å². The van der Waals surface area contributed by atoms with Crippen molar-refractivity contribution in [3.63, 3.8) is 0 Å². The molecule has 1 amide bonds. The van der Waals surface area contributed by atoms with Crippen LogP contribution in [0, 0.1) is 0 Å². The number of benzene rings is 1. The molecule has 0 radical (unpaired) electrons. The number of fused-ring (bicyclic) bond motifs is 1. The SMILES string of the molecule is CCn1c(SCC(=O)Nc2ccccc2C(C)C)nc2ccsc2c1=O. The summed E-state index contributed by atoms with van der Waals surface area (Å²) >= 11 is 2.69. The Bertz CT molecular complexity index is 992. The predicted molar refractivity (Wildman–Crippen MR) is 109 cm³/mol. The molecule has 3 aromatic rings. The minimum atomic E-state index is -0.106. The average molecular weight is 388 g/mol. The van der Waals surface area contributed by atoms with Crippen molar-refractivity contribution in [1.29, 1.82) is 0 Å². The molecule has 5 nitrogen and oxygen atoms in total. The first-order valence-electron chi connectivity index (χ1n) is 8.50. The summed E-state index contributed by atoms with van der Waals surface area (Å²) in [5.74, 6) is 0.423. The van der Waals surface area contributed by atoms with Crippen molar-refractivity contribution in [2.45, 2.75) is 38.4 Å². The standard InChI is InChI=1S/C19H21N3O2S2/c1-4-22-18(24)17-15(9-10-25-17)21-19(22)26-11-16(23)20-14-8-6-5-7-13(14)12(2)3/h5-10,12H,4,11H2,1-3H3,(H,20,23). The summed E-state index contributed by atoms with van der Waals surface area (Å²) in [7, 11) is 0. The van der Waals surface area contributed by atoms with Gasteiger partial charge in [-0.1, -0.05) is 43.8 Å². The lowest BCUT2D eigenvalue weighted by atomic mass is 10.0. The highest BCUT2D eigenvalue weighted by Crippen LogP contribution is 2.25. The predicted octanol–water partition coefficient (Wildman–Crippen LogP) is 4.33. The number of thiophene rings is 1. The summed E-state index contributed by atoms with van der Waals surface area (Å²) in [4.78, 5) is 29.5. The molecule has 2 heterocycles. The third-order valence-electron chi connectivity index (χ3n) is 4.04. The van der Waals surface area contributed by atoms with Crippen molar-refractivity contribution < 1.29 is 4.79 Å². The Hall–Kier alpha value is -2.12. The van der Waals surface area contributed by atoms with Crippen LogP contribution in [0.25, 0.3) is 10.2 Å². The van der Waals surface area contributed by atoms with Crippen LogP contribution in [0.3, 0.4) is 0 Å². The highest BCUT2D eigenvalue weighted by Gasteiger charge is 2.14. The molecule has 26 heavy (non-hydrogen) atoms. The molecular weight excluding hydrogens is 366 g/mol. The van der Waals surface area contributed by atoms with Crippen LogP contribution >= 0.6 is 23.1 Å². The lowest BCUT2D eigenvalue weighted by Crippen LogP contribution is -2.23. The summed E-state index contributed by atoms with van der Waals surface area (Å²) in [6.45, 7) is 6.63. The van der Waals surface area contributed by atoms with Gasteiger partial charge in [0, 0.05) is 12.2 Å². The zero-order valence-electron chi connectivity index (χ0n) is 15.0. The Balaban J connectivity index is 1.76. The van der Waals surface area contributed by atoms with Crippen molar-refractivity contribution in [2.75, 3.05) is 11.1 Å². The molecular formula is C19H21N3O2S2. The molecule has 1 N–H and O–H groups in total. The van der Waals surface area contributed by atoms with Crippen LogP contribution in [0.5, 0.6) is 0 Å². The molecule has 0 fully saturated rings. The van der Waals surface area contributed by atoms with Crippen molar-refractivity contribution in [2.24, 2.45) is 0 Å². The third-order valence-corrected chi connectivity index (χ3v) is 5.90. The van der Waals surface area contributed by atoms with E-state index in [1.165, 1.54) is 23.1 Å². The van der Waals surface area contributed by atoms with E-state index in [1.54, 1.807) is 4.57 Å². The van der Waals surface area contributed by atoms with Crippen LogP contribution in [-0.2, 0) is 11.3 Å². The number of nitrogens with zero attached hydrogens (tertiary/aromatic N) is 2. The monoisotopic (exact) mass is 387 g/mol.